The van der Waals surface area contributed by atoms with E-state index < -0.39 is 35.6 Å². The molecule has 0 radical (unpaired) electrons. The van der Waals surface area contributed by atoms with Crippen molar-refractivity contribution in [3.63, 3.8) is 0 Å². The summed E-state index contributed by atoms with van der Waals surface area (Å²) in [6.45, 7) is 8.42. The van der Waals surface area contributed by atoms with Crippen molar-refractivity contribution in [2.45, 2.75) is 88.0 Å². The summed E-state index contributed by atoms with van der Waals surface area (Å²) in [5.41, 5.74) is -1.02. The summed E-state index contributed by atoms with van der Waals surface area (Å²) in [4.78, 5) is 44.6. The van der Waals surface area contributed by atoms with Crippen molar-refractivity contribution < 1.29 is 29.0 Å². The van der Waals surface area contributed by atoms with Gasteiger partial charge in [0, 0.05) is 25.7 Å². The number of aliphatic hydroxyl groups is 1. The number of ether oxygens (including phenoxy) is 2. The summed E-state index contributed by atoms with van der Waals surface area (Å²) in [6.07, 6.45) is 11.3. The van der Waals surface area contributed by atoms with Crippen LogP contribution in [0.2, 0.25) is 0 Å². The zero-order valence-corrected chi connectivity index (χ0v) is 20.7. The van der Waals surface area contributed by atoms with E-state index in [0.29, 0.717) is 32.2 Å². The number of likely N-dealkylation sites (tertiary alicyclic amines) is 1. The molecule has 2 amide bonds. The number of fused-ring (bicyclic) bond motifs is 1. The van der Waals surface area contributed by atoms with Gasteiger partial charge in [0.1, 0.15) is 11.6 Å². The third kappa shape index (κ3) is 4.67. The van der Waals surface area contributed by atoms with E-state index in [1.807, 2.05) is 4.90 Å². The molecule has 2 bridgehead atoms. The molecule has 4 fully saturated rings. The fourth-order valence-electron chi connectivity index (χ4n) is 6.79. The lowest BCUT2D eigenvalue weighted by molar-refractivity contribution is -0.155. The van der Waals surface area contributed by atoms with Crippen LogP contribution in [0, 0.1) is 11.8 Å². The Labute approximate surface area is 208 Å². The molecule has 4 rings (SSSR count). The fourth-order valence-corrected chi connectivity index (χ4v) is 6.79. The van der Waals surface area contributed by atoms with Gasteiger partial charge in [-0.25, -0.2) is 0 Å². The highest BCUT2D eigenvalue weighted by molar-refractivity contribution is 5.98. The van der Waals surface area contributed by atoms with Crippen molar-refractivity contribution in [3.8, 4) is 0 Å². The monoisotopic (exact) mass is 488 g/mol. The van der Waals surface area contributed by atoms with E-state index in [1.54, 1.807) is 17.1 Å². The van der Waals surface area contributed by atoms with Gasteiger partial charge in [0.05, 0.1) is 24.5 Å². The molecule has 35 heavy (non-hydrogen) atoms. The smallest absolute Gasteiger partial charge is 0.312 e. The van der Waals surface area contributed by atoms with Gasteiger partial charge < -0.3 is 24.4 Å². The van der Waals surface area contributed by atoms with Crippen LogP contribution < -0.4 is 0 Å². The average molecular weight is 489 g/mol. The van der Waals surface area contributed by atoms with Gasteiger partial charge in [0.25, 0.3) is 0 Å². The van der Waals surface area contributed by atoms with Crippen LogP contribution in [0.4, 0.5) is 0 Å². The van der Waals surface area contributed by atoms with Crippen LogP contribution >= 0.6 is 0 Å². The van der Waals surface area contributed by atoms with Gasteiger partial charge in [-0.15, -0.1) is 13.2 Å². The van der Waals surface area contributed by atoms with Crippen LogP contribution in [0.25, 0.3) is 0 Å². The molecular formula is C27H40N2O6. The molecule has 0 aromatic heterocycles. The van der Waals surface area contributed by atoms with E-state index in [0.717, 1.165) is 32.1 Å². The van der Waals surface area contributed by atoms with E-state index in [9.17, 15) is 19.5 Å². The maximum absolute atomic E-state index is 14.2. The van der Waals surface area contributed by atoms with Crippen LogP contribution in [0.5, 0.6) is 0 Å². The van der Waals surface area contributed by atoms with Gasteiger partial charge >= 0.3 is 5.97 Å². The molecule has 3 heterocycles. The first-order valence-corrected chi connectivity index (χ1v) is 13.3. The van der Waals surface area contributed by atoms with Crippen molar-refractivity contribution in [1.29, 1.82) is 0 Å². The Hall–Kier alpha value is -2.19. The first-order valence-electron chi connectivity index (χ1n) is 13.3. The van der Waals surface area contributed by atoms with Gasteiger partial charge in [-0.1, -0.05) is 31.4 Å². The molecule has 1 saturated carbocycles. The molecule has 3 aliphatic heterocycles. The minimum atomic E-state index is -1.02. The predicted molar refractivity (Wildman–Crippen MR) is 130 cm³/mol. The molecule has 1 N–H and O–H groups in total. The van der Waals surface area contributed by atoms with Crippen molar-refractivity contribution >= 4 is 17.8 Å². The molecule has 0 aromatic carbocycles. The number of carbonyl (C=O) groups excluding carboxylic acids is 3. The Morgan fingerprint density at radius 2 is 1.94 bits per heavy atom. The first kappa shape index (κ1) is 25.9. The number of unbranched alkanes of at least 4 members (excludes halogenated alkanes) is 1. The Morgan fingerprint density at radius 3 is 2.63 bits per heavy atom. The van der Waals surface area contributed by atoms with Crippen LogP contribution in [-0.2, 0) is 23.9 Å². The highest BCUT2D eigenvalue weighted by atomic mass is 16.6. The van der Waals surface area contributed by atoms with E-state index in [2.05, 4.69) is 13.2 Å². The molecule has 0 aromatic rings. The molecule has 194 valence electrons. The highest BCUT2D eigenvalue weighted by Gasteiger charge is 2.75. The lowest BCUT2D eigenvalue weighted by Gasteiger charge is -2.40. The number of hydrogen-bond acceptors (Lipinski definition) is 6. The normalized spacial score (nSPS) is 31.9. The quantitative estimate of drug-likeness (QED) is 0.258. The SMILES string of the molecule is C=CCCCOC(=O)[C@@H]1[C@@H]2CCC3(O2)C(C(=O)N(CC=C)C2CCCCC2)N(CCCO)C(=O)[C@H]13. The number of hydrogen-bond donors (Lipinski definition) is 1. The molecular weight excluding hydrogens is 448 g/mol. The van der Waals surface area contributed by atoms with Gasteiger partial charge in [-0.3, -0.25) is 14.4 Å². The maximum Gasteiger partial charge on any atom is 0.312 e. The van der Waals surface area contributed by atoms with Gasteiger partial charge in [-0.2, -0.15) is 0 Å². The summed E-state index contributed by atoms with van der Waals surface area (Å²) < 4.78 is 12.0. The summed E-state index contributed by atoms with van der Waals surface area (Å²) in [5.74, 6) is -2.18. The fraction of sp³-hybridized carbons (Fsp3) is 0.741. The highest BCUT2D eigenvalue weighted by Crippen LogP contribution is 2.59. The summed E-state index contributed by atoms with van der Waals surface area (Å²) >= 11 is 0. The number of aliphatic hydroxyl groups excluding tert-OH is 1. The zero-order valence-electron chi connectivity index (χ0n) is 20.7. The minimum absolute atomic E-state index is 0.0837. The van der Waals surface area contributed by atoms with Crippen molar-refractivity contribution in [3.05, 3.63) is 25.3 Å². The Balaban J connectivity index is 1.63. The molecule has 1 spiro atoms. The van der Waals surface area contributed by atoms with E-state index in [-0.39, 0.29) is 37.6 Å². The molecule has 5 atom stereocenters. The third-order valence-corrected chi connectivity index (χ3v) is 8.28. The molecule has 4 aliphatic rings. The maximum atomic E-state index is 14.2. The minimum Gasteiger partial charge on any atom is -0.465 e. The molecule has 3 saturated heterocycles. The lowest BCUT2D eigenvalue weighted by Crippen LogP contribution is -2.58. The Bertz CT molecular complexity index is 824. The number of rotatable bonds is 12. The second-order valence-corrected chi connectivity index (χ2v) is 10.3. The van der Waals surface area contributed by atoms with Crippen LogP contribution in [0.1, 0.15) is 64.2 Å². The zero-order chi connectivity index (χ0) is 25.0. The molecule has 1 aliphatic carbocycles. The summed E-state index contributed by atoms with van der Waals surface area (Å²) in [5, 5.41) is 9.49. The van der Waals surface area contributed by atoms with Gasteiger partial charge in [-0.05, 0) is 44.9 Å². The molecule has 2 unspecified atom stereocenters. The van der Waals surface area contributed by atoms with E-state index >= 15 is 0 Å². The second kappa shape index (κ2) is 11.2. The standard InChI is InChI=1S/C27H40N2O6/c1-3-5-9-18-34-26(33)21-20-13-14-27(35-20)22(21)24(31)29(16-10-17-30)23(27)25(32)28(15-4-2)19-11-7-6-8-12-19/h3-4,19-23,30H,1-2,5-18H2/t20-,21+,22-,23?,27?/m0/s1. The number of nitrogens with zero attached hydrogens (tertiary/aromatic N) is 2. The first-order chi connectivity index (χ1) is 17.0. The summed E-state index contributed by atoms with van der Waals surface area (Å²) in [6, 6.07) is -0.680. The van der Waals surface area contributed by atoms with E-state index in [4.69, 9.17) is 9.47 Å². The average Bonchev–Trinajstić information content (AvgIpc) is 3.51. The van der Waals surface area contributed by atoms with Crippen LogP contribution in [0.15, 0.2) is 25.3 Å². The van der Waals surface area contributed by atoms with Crippen molar-refractivity contribution in [2.24, 2.45) is 11.8 Å². The number of amides is 2. The van der Waals surface area contributed by atoms with E-state index in [1.165, 1.54) is 6.42 Å². The molecule has 8 nitrogen and oxygen atoms in total. The van der Waals surface area contributed by atoms with Gasteiger partial charge in [0.2, 0.25) is 11.8 Å². The van der Waals surface area contributed by atoms with Crippen molar-refractivity contribution in [1.82, 2.24) is 9.80 Å². The van der Waals surface area contributed by atoms with Crippen LogP contribution in [-0.4, -0.2) is 82.8 Å². The number of carbonyl (C=O) groups is 3. The third-order valence-electron chi connectivity index (χ3n) is 8.28. The Kier molecular flexibility index (Phi) is 8.32. The lowest BCUT2D eigenvalue weighted by atomic mass is 9.70. The van der Waals surface area contributed by atoms with Crippen molar-refractivity contribution in [2.75, 3.05) is 26.3 Å². The second-order valence-electron chi connectivity index (χ2n) is 10.3. The predicted octanol–water partition coefficient (Wildman–Crippen LogP) is 2.60. The number of esters is 1. The number of allylic oxidation sites excluding steroid dienone is 1. The Morgan fingerprint density at radius 1 is 1.17 bits per heavy atom. The topological polar surface area (TPSA) is 96.4 Å². The largest absolute Gasteiger partial charge is 0.465 e. The molecule has 8 heteroatoms. The van der Waals surface area contributed by atoms with Crippen LogP contribution in [0.3, 0.4) is 0 Å². The summed E-state index contributed by atoms with van der Waals surface area (Å²) in [7, 11) is 0. The van der Waals surface area contributed by atoms with Gasteiger partial charge in [0.15, 0.2) is 0 Å².